The first-order chi connectivity index (χ1) is 8.92. The maximum absolute atomic E-state index is 6.27. The van der Waals surface area contributed by atoms with Crippen LogP contribution in [-0.2, 0) is 9.31 Å². The Morgan fingerprint density at radius 2 is 1.20 bits per heavy atom. The van der Waals surface area contributed by atoms with Crippen LogP contribution in [0.5, 0.6) is 0 Å². The summed E-state index contributed by atoms with van der Waals surface area (Å²) in [6, 6.07) is 10.6. The monoisotopic (exact) mass is 292 g/mol. The predicted octanol–water partition coefficient (Wildman–Crippen LogP) is 3.80. The summed E-state index contributed by atoms with van der Waals surface area (Å²) in [5.74, 6) is 0. The van der Waals surface area contributed by atoms with Crippen LogP contribution in [0.2, 0.25) is 13.1 Å². The molecular formula is C16H29BO2Si. The molecule has 0 saturated heterocycles. The second-order valence-electron chi connectivity index (χ2n) is 7.88. The van der Waals surface area contributed by atoms with Crippen LogP contribution in [0, 0.1) is 0 Å². The van der Waals surface area contributed by atoms with E-state index >= 15 is 0 Å². The third-order valence-corrected chi connectivity index (χ3v) is 6.26. The zero-order valence-corrected chi connectivity index (χ0v) is 15.3. The number of rotatable bonds is 4. The van der Waals surface area contributed by atoms with E-state index < -0.39 is 7.94 Å². The van der Waals surface area contributed by atoms with Crippen molar-refractivity contribution in [2.75, 3.05) is 0 Å². The van der Waals surface area contributed by atoms with Gasteiger partial charge in [-0.25, -0.2) is 0 Å². The topological polar surface area (TPSA) is 18.5 Å². The van der Waals surface area contributed by atoms with Gasteiger partial charge < -0.3 is 9.31 Å². The lowest BCUT2D eigenvalue weighted by Gasteiger charge is -2.37. The van der Waals surface area contributed by atoms with E-state index in [4.69, 9.17) is 9.31 Å². The van der Waals surface area contributed by atoms with Gasteiger partial charge in [0.05, 0.1) is 0 Å². The molecule has 0 saturated carbocycles. The third-order valence-electron chi connectivity index (χ3n) is 3.03. The van der Waals surface area contributed by atoms with Gasteiger partial charge in [0, 0.05) is 11.2 Å². The molecule has 1 aromatic rings. The van der Waals surface area contributed by atoms with Gasteiger partial charge in [-0.05, 0) is 41.5 Å². The molecule has 2 nitrogen and oxygen atoms in total. The third kappa shape index (κ3) is 5.43. The molecule has 0 heterocycles. The van der Waals surface area contributed by atoms with Crippen LogP contribution in [0.4, 0.5) is 0 Å². The molecule has 0 bridgehead atoms. The second-order valence-corrected chi connectivity index (χ2v) is 12.4. The Hall–Kier alpha value is -0.578. The van der Waals surface area contributed by atoms with E-state index in [9.17, 15) is 0 Å². The van der Waals surface area contributed by atoms with Crippen molar-refractivity contribution in [3.63, 3.8) is 0 Å². The zero-order chi connectivity index (χ0) is 15.6. The summed E-state index contributed by atoms with van der Waals surface area (Å²) in [5, 5.41) is 1.36. The lowest BCUT2D eigenvalue weighted by molar-refractivity contribution is 0.0433. The van der Waals surface area contributed by atoms with Crippen LogP contribution in [0.25, 0.3) is 0 Å². The summed E-state index contributed by atoms with van der Waals surface area (Å²) in [6.45, 7) is 17.0. The molecule has 20 heavy (non-hydrogen) atoms. The van der Waals surface area contributed by atoms with Crippen molar-refractivity contribution >= 4 is 19.8 Å². The molecule has 0 fully saturated rings. The number of hydrogen-bond acceptors (Lipinski definition) is 2. The lowest BCUT2D eigenvalue weighted by Crippen LogP contribution is -2.62. The summed E-state index contributed by atoms with van der Waals surface area (Å²) in [6.07, 6.45) is 0. The van der Waals surface area contributed by atoms with Crippen molar-refractivity contribution in [3.05, 3.63) is 30.3 Å². The first-order valence-corrected chi connectivity index (χ1v) is 10.4. The fourth-order valence-electron chi connectivity index (χ4n) is 1.96. The smallest absolute Gasteiger partial charge is 0.409 e. The van der Waals surface area contributed by atoms with E-state index in [1.54, 1.807) is 0 Å². The van der Waals surface area contributed by atoms with Gasteiger partial charge in [-0.3, -0.25) is 0 Å². The Morgan fingerprint density at radius 1 is 0.800 bits per heavy atom. The molecule has 1 rings (SSSR count). The van der Waals surface area contributed by atoms with Gasteiger partial charge in [-0.1, -0.05) is 48.6 Å². The van der Waals surface area contributed by atoms with E-state index in [1.807, 2.05) is 0 Å². The molecule has 0 spiro atoms. The first kappa shape index (κ1) is 17.5. The molecule has 0 aliphatic heterocycles. The van der Waals surface area contributed by atoms with Gasteiger partial charge in [0.15, 0.2) is 0 Å². The largest absolute Gasteiger partial charge is 0.438 e. The summed E-state index contributed by atoms with van der Waals surface area (Å²) in [4.78, 5) is 0. The standard InChI is InChI=1S/C16H29BO2Si/c1-15(2,3)18-17(19-16(4,5)6)20(7,8)14-12-10-9-11-13-14/h9-13H,1-8H3. The molecule has 0 atom stereocenters. The minimum atomic E-state index is -1.87. The molecule has 0 aliphatic rings. The van der Waals surface area contributed by atoms with Gasteiger partial charge >= 0.3 is 6.71 Å². The summed E-state index contributed by atoms with van der Waals surface area (Å²) in [7, 11) is -1.87. The highest BCUT2D eigenvalue weighted by molar-refractivity contribution is 7.33. The Kier molecular flexibility index (Phi) is 5.28. The van der Waals surface area contributed by atoms with Crippen LogP contribution in [0.3, 0.4) is 0 Å². The molecule has 112 valence electrons. The minimum absolute atomic E-state index is 0.162. The summed E-state index contributed by atoms with van der Waals surface area (Å²) >= 11 is 0. The average molecular weight is 292 g/mol. The average Bonchev–Trinajstić information content (AvgIpc) is 2.25. The van der Waals surface area contributed by atoms with Gasteiger partial charge in [-0.2, -0.15) is 0 Å². The van der Waals surface area contributed by atoms with Gasteiger partial charge in [0.2, 0.25) is 0 Å². The van der Waals surface area contributed by atoms with Crippen molar-refractivity contribution in [2.24, 2.45) is 0 Å². The SMILES string of the molecule is CC(C)(C)OB(OC(C)(C)C)[Si](C)(C)c1ccccc1. The van der Waals surface area contributed by atoms with Crippen LogP contribution in [-0.4, -0.2) is 25.9 Å². The van der Waals surface area contributed by atoms with Crippen molar-refractivity contribution in [2.45, 2.75) is 65.8 Å². The van der Waals surface area contributed by atoms with Crippen LogP contribution in [0.1, 0.15) is 41.5 Å². The van der Waals surface area contributed by atoms with Crippen molar-refractivity contribution in [3.8, 4) is 0 Å². The molecule has 1 aromatic carbocycles. The highest BCUT2D eigenvalue weighted by Crippen LogP contribution is 2.22. The van der Waals surface area contributed by atoms with Crippen molar-refractivity contribution in [1.29, 1.82) is 0 Å². The Bertz CT molecular complexity index is 402. The second kappa shape index (κ2) is 6.04. The van der Waals surface area contributed by atoms with E-state index in [2.05, 4.69) is 85.0 Å². The Labute approximate surface area is 126 Å². The normalized spacial score (nSPS) is 13.4. The van der Waals surface area contributed by atoms with Gasteiger partial charge in [0.1, 0.15) is 7.94 Å². The predicted molar refractivity (Wildman–Crippen MR) is 91.0 cm³/mol. The molecule has 0 aromatic heterocycles. The maximum atomic E-state index is 6.27. The van der Waals surface area contributed by atoms with Crippen LogP contribution < -0.4 is 5.19 Å². The molecule has 4 heteroatoms. The van der Waals surface area contributed by atoms with Gasteiger partial charge in [-0.15, -0.1) is 0 Å². The highest BCUT2D eigenvalue weighted by Gasteiger charge is 2.45. The first-order valence-electron chi connectivity index (χ1n) is 7.33. The number of hydrogen-bond donors (Lipinski definition) is 0. The zero-order valence-electron chi connectivity index (χ0n) is 14.3. The molecule has 0 radical (unpaired) electrons. The maximum Gasteiger partial charge on any atom is 0.438 e. The fourth-order valence-corrected chi connectivity index (χ4v) is 4.58. The molecule has 0 unspecified atom stereocenters. The Morgan fingerprint density at radius 3 is 1.55 bits per heavy atom. The molecule has 0 N–H and O–H groups in total. The number of benzene rings is 1. The van der Waals surface area contributed by atoms with Crippen molar-refractivity contribution in [1.82, 2.24) is 0 Å². The van der Waals surface area contributed by atoms with Gasteiger partial charge in [0.25, 0.3) is 0 Å². The highest BCUT2D eigenvalue weighted by atomic mass is 28.3. The Balaban J connectivity index is 3.08. The van der Waals surface area contributed by atoms with Crippen LogP contribution in [0.15, 0.2) is 30.3 Å². The lowest BCUT2D eigenvalue weighted by atomic mass is 10.1. The van der Waals surface area contributed by atoms with E-state index in [-0.39, 0.29) is 17.9 Å². The quantitative estimate of drug-likeness (QED) is 0.786. The van der Waals surface area contributed by atoms with Crippen LogP contribution >= 0.6 is 0 Å². The fraction of sp³-hybridized carbons (Fsp3) is 0.625. The molecular weight excluding hydrogens is 263 g/mol. The van der Waals surface area contributed by atoms with E-state index in [1.165, 1.54) is 5.19 Å². The van der Waals surface area contributed by atoms with E-state index in [0.717, 1.165) is 0 Å². The molecule has 0 amide bonds. The molecule has 0 aliphatic carbocycles. The van der Waals surface area contributed by atoms with E-state index in [0.29, 0.717) is 0 Å². The minimum Gasteiger partial charge on any atom is -0.409 e. The van der Waals surface area contributed by atoms with Crippen molar-refractivity contribution < 1.29 is 9.31 Å². The summed E-state index contributed by atoms with van der Waals surface area (Å²) < 4.78 is 12.5. The summed E-state index contributed by atoms with van der Waals surface area (Å²) in [5.41, 5.74) is -0.427.